The molecule has 2 aromatic heterocycles. The van der Waals surface area contributed by atoms with Gasteiger partial charge in [0.1, 0.15) is 5.69 Å². The van der Waals surface area contributed by atoms with Crippen molar-refractivity contribution in [3.63, 3.8) is 0 Å². The van der Waals surface area contributed by atoms with Gasteiger partial charge in [-0.1, -0.05) is 6.07 Å². The second-order valence-electron chi connectivity index (χ2n) is 9.61. The zero-order chi connectivity index (χ0) is 22.4. The monoisotopic (exact) mass is 447 g/mol. The molecule has 0 radical (unpaired) electrons. The molecule has 2 fully saturated rings. The fraction of sp³-hybridized carbons (Fsp3) is 0.480. The highest BCUT2D eigenvalue weighted by Gasteiger charge is 2.41. The van der Waals surface area contributed by atoms with E-state index in [1.165, 1.54) is 18.4 Å². The molecule has 3 aromatic rings. The number of aromatic nitrogens is 4. The molecule has 0 amide bonds. The standard InChI is InChI=1S/C25H29N5O3/c1-16-10-26-29(2)25(16)21-4-6-24(28-27-21)31-14-18-7-19-12-30(13-20(19)8-18)11-17-3-5-22-23(9-17)33-15-32-22/h3-6,9-10,18-20H,7-8,11-15H2,1-2H3. The van der Waals surface area contributed by atoms with Crippen molar-refractivity contribution in [2.45, 2.75) is 26.3 Å². The van der Waals surface area contributed by atoms with Gasteiger partial charge in [-0.15, -0.1) is 10.2 Å². The molecule has 1 aromatic carbocycles. The van der Waals surface area contributed by atoms with Gasteiger partial charge in [-0.2, -0.15) is 5.10 Å². The smallest absolute Gasteiger partial charge is 0.233 e. The lowest BCUT2D eigenvalue weighted by atomic mass is 10.0. The van der Waals surface area contributed by atoms with Gasteiger partial charge in [0.2, 0.25) is 12.7 Å². The highest BCUT2D eigenvalue weighted by atomic mass is 16.7. The van der Waals surface area contributed by atoms with Crippen LogP contribution in [0.15, 0.2) is 36.5 Å². The molecule has 1 aliphatic carbocycles. The molecule has 1 saturated carbocycles. The molecule has 172 valence electrons. The topological polar surface area (TPSA) is 74.5 Å². The number of rotatable bonds is 6. The van der Waals surface area contributed by atoms with E-state index in [2.05, 4.69) is 32.3 Å². The molecule has 6 rings (SSSR count). The van der Waals surface area contributed by atoms with Crippen LogP contribution in [0.3, 0.4) is 0 Å². The first kappa shape index (κ1) is 20.5. The third-order valence-electron chi connectivity index (χ3n) is 7.24. The Hall–Kier alpha value is -3.13. The van der Waals surface area contributed by atoms with Crippen LogP contribution >= 0.6 is 0 Å². The summed E-state index contributed by atoms with van der Waals surface area (Å²) in [4.78, 5) is 2.58. The maximum atomic E-state index is 6.02. The molecule has 3 aliphatic rings. The van der Waals surface area contributed by atoms with Crippen molar-refractivity contribution in [2.24, 2.45) is 24.8 Å². The Kier molecular flexibility index (Phi) is 5.17. The quantitative estimate of drug-likeness (QED) is 0.573. The number of likely N-dealkylation sites (tertiary alicyclic amines) is 1. The Labute approximate surface area is 193 Å². The first-order chi connectivity index (χ1) is 16.1. The van der Waals surface area contributed by atoms with Crippen LogP contribution < -0.4 is 14.2 Å². The van der Waals surface area contributed by atoms with Gasteiger partial charge in [-0.25, -0.2) is 0 Å². The van der Waals surface area contributed by atoms with Crippen molar-refractivity contribution in [1.29, 1.82) is 0 Å². The van der Waals surface area contributed by atoms with E-state index >= 15 is 0 Å². The molecule has 1 saturated heterocycles. The second kappa shape index (κ2) is 8.33. The molecular weight excluding hydrogens is 418 g/mol. The van der Waals surface area contributed by atoms with Gasteiger partial charge >= 0.3 is 0 Å². The van der Waals surface area contributed by atoms with E-state index in [-0.39, 0.29) is 0 Å². The average molecular weight is 448 g/mol. The van der Waals surface area contributed by atoms with E-state index in [1.807, 2.05) is 43.0 Å². The molecule has 0 spiro atoms. The summed E-state index contributed by atoms with van der Waals surface area (Å²) in [6, 6.07) is 10.2. The van der Waals surface area contributed by atoms with Gasteiger partial charge in [-0.05, 0) is 66.8 Å². The summed E-state index contributed by atoms with van der Waals surface area (Å²) in [5.74, 6) is 4.43. The number of aryl methyl sites for hydroxylation is 2. The molecule has 0 N–H and O–H groups in total. The van der Waals surface area contributed by atoms with Crippen molar-refractivity contribution < 1.29 is 14.2 Å². The Balaban J connectivity index is 0.994. The summed E-state index contributed by atoms with van der Waals surface area (Å²) >= 11 is 0. The second-order valence-corrected chi connectivity index (χ2v) is 9.61. The lowest BCUT2D eigenvalue weighted by molar-refractivity contribution is 0.174. The van der Waals surface area contributed by atoms with E-state index in [4.69, 9.17) is 14.2 Å². The van der Waals surface area contributed by atoms with Crippen molar-refractivity contribution >= 4 is 0 Å². The van der Waals surface area contributed by atoms with Crippen molar-refractivity contribution in [3.8, 4) is 28.8 Å². The van der Waals surface area contributed by atoms with Gasteiger partial charge < -0.3 is 14.2 Å². The maximum Gasteiger partial charge on any atom is 0.233 e. The fourth-order valence-electron chi connectivity index (χ4n) is 5.73. The van der Waals surface area contributed by atoms with E-state index in [0.717, 1.165) is 59.9 Å². The predicted octanol–water partition coefficient (Wildman–Crippen LogP) is 3.45. The summed E-state index contributed by atoms with van der Waals surface area (Å²) in [5.41, 5.74) is 4.19. The Morgan fingerprint density at radius 2 is 1.85 bits per heavy atom. The van der Waals surface area contributed by atoms with Crippen molar-refractivity contribution in [3.05, 3.63) is 47.7 Å². The molecule has 0 bridgehead atoms. The normalized spacial score (nSPS) is 23.8. The average Bonchev–Trinajstić information content (AvgIpc) is 3.57. The first-order valence-electron chi connectivity index (χ1n) is 11.7. The number of fused-ring (bicyclic) bond motifs is 2. The highest BCUT2D eigenvalue weighted by molar-refractivity contribution is 5.58. The minimum absolute atomic E-state index is 0.329. The molecular formula is C25H29N5O3. The molecule has 33 heavy (non-hydrogen) atoms. The number of nitrogens with zero attached hydrogens (tertiary/aromatic N) is 5. The summed E-state index contributed by atoms with van der Waals surface area (Å²) in [6.45, 7) is 6.37. The van der Waals surface area contributed by atoms with Crippen LogP contribution in [0.5, 0.6) is 17.4 Å². The zero-order valence-electron chi connectivity index (χ0n) is 19.1. The van der Waals surface area contributed by atoms with E-state index in [1.54, 1.807) is 0 Å². The van der Waals surface area contributed by atoms with Crippen LogP contribution in [-0.4, -0.2) is 51.4 Å². The Morgan fingerprint density at radius 3 is 2.58 bits per heavy atom. The largest absolute Gasteiger partial charge is 0.476 e. The van der Waals surface area contributed by atoms with Crippen LogP contribution in [0.25, 0.3) is 11.4 Å². The van der Waals surface area contributed by atoms with Crippen molar-refractivity contribution in [1.82, 2.24) is 24.9 Å². The van der Waals surface area contributed by atoms with Crippen LogP contribution in [0.2, 0.25) is 0 Å². The minimum Gasteiger partial charge on any atom is -0.476 e. The fourth-order valence-corrected chi connectivity index (χ4v) is 5.73. The number of benzene rings is 1. The molecule has 8 nitrogen and oxygen atoms in total. The van der Waals surface area contributed by atoms with Crippen LogP contribution in [0.4, 0.5) is 0 Å². The van der Waals surface area contributed by atoms with Gasteiger partial charge in [0, 0.05) is 32.7 Å². The minimum atomic E-state index is 0.329. The summed E-state index contributed by atoms with van der Waals surface area (Å²) in [6.07, 6.45) is 4.29. The number of ether oxygens (including phenoxy) is 3. The van der Waals surface area contributed by atoms with Gasteiger partial charge in [0.25, 0.3) is 0 Å². The maximum absolute atomic E-state index is 6.02. The summed E-state index contributed by atoms with van der Waals surface area (Å²) in [7, 11) is 1.92. The Bertz CT molecular complexity index is 1110. The Morgan fingerprint density at radius 1 is 1.03 bits per heavy atom. The van der Waals surface area contributed by atoms with Crippen LogP contribution in [0, 0.1) is 24.7 Å². The third-order valence-corrected chi connectivity index (χ3v) is 7.24. The van der Waals surface area contributed by atoms with E-state index in [0.29, 0.717) is 25.2 Å². The lowest BCUT2D eigenvalue weighted by Crippen LogP contribution is -2.23. The predicted molar refractivity (Wildman–Crippen MR) is 122 cm³/mol. The molecule has 4 heterocycles. The summed E-state index contributed by atoms with van der Waals surface area (Å²) < 4.78 is 18.8. The lowest BCUT2D eigenvalue weighted by Gasteiger charge is -2.19. The zero-order valence-corrected chi connectivity index (χ0v) is 19.1. The van der Waals surface area contributed by atoms with Crippen molar-refractivity contribution in [2.75, 3.05) is 26.5 Å². The SMILES string of the molecule is Cc1cnn(C)c1-c1ccc(OCC2CC3CN(Cc4ccc5c(c4)OCO5)CC3C2)nn1. The van der Waals surface area contributed by atoms with E-state index in [9.17, 15) is 0 Å². The van der Waals surface area contributed by atoms with Crippen LogP contribution in [-0.2, 0) is 13.6 Å². The van der Waals surface area contributed by atoms with Gasteiger partial charge in [-0.3, -0.25) is 9.58 Å². The molecule has 2 atom stereocenters. The first-order valence-corrected chi connectivity index (χ1v) is 11.7. The van der Waals surface area contributed by atoms with Gasteiger partial charge in [0.15, 0.2) is 11.5 Å². The van der Waals surface area contributed by atoms with E-state index < -0.39 is 0 Å². The van der Waals surface area contributed by atoms with Crippen LogP contribution in [0.1, 0.15) is 24.0 Å². The third kappa shape index (κ3) is 4.04. The molecule has 2 aliphatic heterocycles. The summed E-state index contributed by atoms with van der Waals surface area (Å²) in [5, 5.41) is 12.9. The molecule has 2 unspecified atom stereocenters. The number of hydrogen-bond donors (Lipinski definition) is 0. The highest BCUT2D eigenvalue weighted by Crippen LogP contribution is 2.42. The number of hydrogen-bond acceptors (Lipinski definition) is 7. The molecule has 8 heteroatoms. The van der Waals surface area contributed by atoms with Gasteiger partial charge in [0.05, 0.1) is 18.5 Å².